The van der Waals surface area contributed by atoms with Gasteiger partial charge in [0.15, 0.2) is 29.1 Å². The summed E-state index contributed by atoms with van der Waals surface area (Å²) >= 11 is 0. The van der Waals surface area contributed by atoms with E-state index in [9.17, 15) is 29.1 Å². The summed E-state index contributed by atoms with van der Waals surface area (Å²) in [6, 6.07) is 0. The number of rotatable bonds is 14. The second-order valence-corrected chi connectivity index (χ2v) is 16.1. The van der Waals surface area contributed by atoms with Crippen LogP contribution in [0.5, 0.6) is 0 Å². The predicted molar refractivity (Wildman–Crippen MR) is 192 cm³/mol. The van der Waals surface area contributed by atoms with Gasteiger partial charge in [0.1, 0.15) is 32.2 Å². The van der Waals surface area contributed by atoms with Crippen LogP contribution in [0.2, 0.25) is 0 Å². The summed E-state index contributed by atoms with van der Waals surface area (Å²) < 4.78 is 57.5. The maximum absolute atomic E-state index is 17.7. The van der Waals surface area contributed by atoms with E-state index in [-0.39, 0.29) is 50.8 Å². The lowest BCUT2D eigenvalue weighted by molar-refractivity contribution is -0.235. The minimum absolute atomic E-state index is 0.0134. The van der Waals surface area contributed by atoms with E-state index in [1.165, 1.54) is 19.1 Å². The highest BCUT2D eigenvalue weighted by molar-refractivity contribution is 6.01. The Labute approximate surface area is 320 Å². The van der Waals surface area contributed by atoms with Crippen LogP contribution in [-0.2, 0) is 42.9 Å². The number of alkyl halides is 2. The lowest BCUT2D eigenvalue weighted by Crippen LogP contribution is -2.71. The molecule has 0 spiro atoms. The van der Waals surface area contributed by atoms with Gasteiger partial charge in [-0.2, -0.15) is 0 Å². The number of allylic oxidation sites excluding steroid dienone is 4. The van der Waals surface area contributed by atoms with Crippen LogP contribution >= 0.6 is 0 Å². The fraction of sp³-hybridized carbons (Fsp3) is 0.725. The first-order valence-electron chi connectivity index (χ1n) is 19.5. The average Bonchev–Trinajstić information content (AvgIpc) is 3.61. The topological polar surface area (TPSA) is 179 Å². The SMILES string of the molecule is CCCC1O[C@@H]2C[C@H]3[C@@H]4C[C@H](F)C5=CC(=O)C=C[C@]5(C)[C@@]4(F)[C@@H](O)C[C@]3(C)[C@]2(C(=O)COCNC(=O)CNC(=O)CNC(=O)COC2C#CCCCCC2)O1. The number of fused-ring (bicyclic) bond motifs is 7. The largest absolute Gasteiger partial charge is 0.390 e. The number of Topliss-reactive ketones (excluding diaryl/α,β-unsaturated/α-hetero) is 1. The fourth-order valence-electron chi connectivity index (χ4n) is 10.1. The lowest BCUT2D eigenvalue weighted by atomic mass is 9.44. The van der Waals surface area contributed by atoms with Gasteiger partial charge in [-0.05, 0) is 75.5 Å². The van der Waals surface area contributed by atoms with E-state index in [1.54, 1.807) is 6.92 Å². The summed E-state index contributed by atoms with van der Waals surface area (Å²) in [5.41, 5.74) is -6.70. The second kappa shape index (κ2) is 16.5. The number of carbonyl (C=O) groups excluding carboxylic acids is 5. The van der Waals surface area contributed by atoms with Gasteiger partial charge in [-0.15, -0.1) is 5.92 Å². The molecule has 0 radical (unpaired) electrons. The first-order chi connectivity index (χ1) is 26.2. The number of ether oxygens (including phenoxy) is 4. The molecule has 1 saturated heterocycles. The number of carbonyl (C=O) groups is 5. The minimum atomic E-state index is -2.33. The number of ketones is 2. The molecule has 2 unspecified atom stereocenters. The van der Waals surface area contributed by atoms with Crippen LogP contribution in [0, 0.1) is 34.5 Å². The van der Waals surface area contributed by atoms with Crippen LogP contribution in [0.1, 0.15) is 85.0 Å². The predicted octanol–water partition coefficient (Wildman–Crippen LogP) is 2.44. The summed E-state index contributed by atoms with van der Waals surface area (Å²) in [4.78, 5) is 63.3. The molecule has 6 rings (SSSR count). The highest BCUT2D eigenvalue weighted by atomic mass is 19.1. The van der Waals surface area contributed by atoms with Gasteiger partial charge in [0.2, 0.25) is 17.7 Å². The van der Waals surface area contributed by atoms with Gasteiger partial charge >= 0.3 is 0 Å². The Morgan fingerprint density at radius 1 is 1.02 bits per heavy atom. The summed E-state index contributed by atoms with van der Waals surface area (Å²) in [7, 11) is 0. The molecule has 0 aromatic heterocycles. The molecule has 5 aliphatic carbocycles. The molecule has 6 aliphatic rings. The first-order valence-corrected chi connectivity index (χ1v) is 19.5. The molecule has 0 bridgehead atoms. The van der Waals surface area contributed by atoms with Crippen LogP contribution < -0.4 is 16.0 Å². The van der Waals surface area contributed by atoms with Gasteiger partial charge in [0, 0.05) is 23.2 Å². The number of amides is 3. The molecule has 1 heterocycles. The summed E-state index contributed by atoms with van der Waals surface area (Å²) in [5, 5.41) is 19.0. The van der Waals surface area contributed by atoms with E-state index >= 15 is 8.78 Å². The van der Waals surface area contributed by atoms with Gasteiger partial charge in [-0.1, -0.05) is 38.7 Å². The molecular formula is C40H53F2N3O10. The minimum Gasteiger partial charge on any atom is -0.390 e. The van der Waals surface area contributed by atoms with Crippen molar-refractivity contribution in [3.63, 3.8) is 0 Å². The molecule has 3 amide bonds. The molecule has 1 aliphatic heterocycles. The number of aliphatic hydroxyl groups excluding tert-OH is 1. The van der Waals surface area contributed by atoms with Gasteiger partial charge < -0.3 is 40.0 Å². The smallest absolute Gasteiger partial charge is 0.246 e. The van der Waals surface area contributed by atoms with Crippen LogP contribution in [0.15, 0.2) is 23.8 Å². The van der Waals surface area contributed by atoms with Gasteiger partial charge in [0.05, 0.1) is 25.3 Å². The van der Waals surface area contributed by atoms with Crippen molar-refractivity contribution in [3.05, 3.63) is 23.8 Å². The zero-order chi connectivity index (χ0) is 39.6. The zero-order valence-electron chi connectivity index (χ0n) is 31.8. The van der Waals surface area contributed by atoms with Gasteiger partial charge in [0.25, 0.3) is 0 Å². The molecule has 0 aromatic carbocycles. The highest BCUT2D eigenvalue weighted by Crippen LogP contribution is 2.72. The Morgan fingerprint density at radius 2 is 1.76 bits per heavy atom. The summed E-state index contributed by atoms with van der Waals surface area (Å²) in [6.45, 7) is 3.30. The Bertz CT molecular complexity index is 1660. The quantitative estimate of drug-likeness (QED) is 0.117. The third-order valence-corrected chi connectivity index (χ3v) is 12.8. The molecule has 4 N–H and O–H groups in total. The van der Waals surface area contributed by atoms with Gasteiger partial charge in [-0.25, -0.2) is 8.78 Å². The number of aliphatic hydroxyl groups is 1. The molecule has 0 aromatic rings. The molecule has 11 atom stereocenters. The van der Waals surface area contributed by atoms with Crippen molar-refractivity contribution >= 4 is 29.3 Å². The van der Waals surface area contributed by atoms with E-state index in [2.05, 4.69) is 27.8 Å². The van der Waals surface area contributed by atoms with Crippen molar-refractivity contribution in [1.82, 2.24) is 16.0 Å². The first kappa shape index (κ1) is 41.1. The molecular weight excluding hydrogens is 720 g/mol. The van der Waals surface area contributed by atoms with Crippen molar-refractivity contribution in [2.75, 3.05) is 33.0 Å². The number of hydrogen-bond acceptors (Lipinski definition) is 10. The standard InChI is InChI=1S/C40H53F2N3O10/c1-4-10-36-54-32-17-26-27-16-29(41)28-15-24(46)13-14-37(28,2)39(27,42)30(47)18-38(26,3)40(32,55-36)31(48)21-52-23-45-34(50)20-43-33(49)19-44-35(51)22-53-25-11-8-6-5-7-9-12-25/h13-15,25-27,29-30,32,36,47H,4-8,10-11,16-23H2,1-3H3,(H,43,49)(H,44,51)(H,45,50)/t25?,26-,27-,29-,30-,32+,36?,37-,38-,39-,40+/m0/s1. The van der Waals surface area contributed by atoms with Crippen molar-refractivity contribution in [1.29, 1.82) is 0 Å². The maximum atomic E-state index is 17.7. The summed E-state index contributed by atoms with van der Waals surface area (Å²) in [5.74, 6) is 1.76. The van der Waals surface area contributed by atoms with E-state index in [1.807, 2.05) is 6.92 Å². The molecule has 4 fully saturated rings. The average molecular weight is 774 g/mol. The van der Waals surface area contributed by atoms with Crippen LogP contribution in [0.25, 0.3) is 0 Å². The van der Waals surface area contributed by atoms with Crippen LogP contribution in [0.4, 0.5) is 8.78 Å². The monoisotopic (exact) mass is 773 g/mol. The number of halogens is 2. The molecule has 15 heteroatoms. The van der Waals surface area contributed by atoms with Crippen molar-refractivity contribution < 1.29 is 56.8 Å². The third kappa shape index (κ3) is 7.53. The molecule has 3 saturated carbocycles. The molecule has 55 heavy (non-hydrogen) atoms. The van der Waals surface area contributed by atoms with E-state index in [0.717, 1.165) is 38.2 Å². The number of nitrogens with one attached hydrogen (secondary N) is 3. The lowest BCUT2D eigenvalue weighted by Gasteiger charge is -2.63. The highest BCUT2D eigenvalue weighted by Gasteiger charge is 2.80. The molecule has 13 nitrogen and oxygen atoms in total. The maximum Gasteiger partial charge on any atom is 0.246 e. The second-order valence-electron chi connectivity index (χ2n) is 16.1. The fourth-order valence-corrected chi connectivity index (χ4v) is 10.1. The zero-order valence-corrected chi connectivity index (χ0v) is 31.8. The van der Waals surface area contributed by atoms with E-state index in [4.69, 9.17) is 18.9 Å². The molecule has 302 valence electrons. The van der Waals surface area contributed by atoms with Crippen LogP contribution in [0.3, 0.4) is 0 Å². The summed E-state index contributed by atoms with van der Waals surface area (Å²) in [6.07, 6.45) is 4.13. The van der Waals surface area contributed by atoms with Crippen LogP contribution in [-0.4, -0.2) is 109 Å². The van der Waals surface area contributed by atoms with E-state index in [0.29, 0.717) is 12.8 Å². The number of hydrogen-bond donors (Lipinski definition) is 4. The van der Waals surface area contributed by atoms with Crippen molar-refractivity contribution in [2.24, 2.45) is 22.7 Å². The van der Waals surface area contributed by atoms with Gasteiger partial charge in [-0.3, -0.25) is 24.0 Å². The normalized spacial score (nSPS) is 38.8. The Kier molecular flexibility index (Phi) is 12.3. The Hall–Kier alpha value is -3.55. The van der Waals surface area contributed by atoms with E-state index < -0.39 is 101 Å². The Morgan fingerprint density at radius 3 is 2.53 bits per heavy atom. The Balaban J connectivity index is 1.02. The van der Waals surface area contributed by atoms with Crippen molar-refractivity contribution in [2.45, 2.75) is 127 Å². The third-order valence-electron chi connectivity index (χ3n) is 12.8. The van der Waals surface area contributed by atoms with Crippen molar-refractivity contribution in [3.8, 4) is 11.8 Å².